The Labute approximate surface area is 127 Å². The number of nitrogens with zero attached hydrogens (tertiary/aromatic N) is 1. The molecule has 1 amide bonds. The molecule has 2 aliphatic rings. The van der Waals surface area contributed by atoms with Crippen LogP contribution in [-0.2, 0) is 11.3 Å². The fourth-order valence-corrected chi connectivity index (χ4v) is 3.29. The fourth-order valence-electron chi connectivity index (χ4n) is 3.29. The van der Waals surface area contributed by atoms with Crippen molar-refractivity contribution in [2.24, 2.45) is 11.8 Å². The van der Waals surface area contributed by atoms with Crippen molar-refractivity contribution in [3.05, 3.63) is 48.0 Å². The van der Waals surface area contributed by atoms with E-state index >= 15 is 0 Å². The summed E-state index contributed by atoms with van der Waals surface area (Å²) in [4.78, 5) is 15.1. The van der Waals surface area contributed by atoms with E-state index in [-0.39, 0.29) is 5.92 Å². The highest BCUT2D eigenvalue weighted by Gasteiger charge is 2.36. The zero-order valence-electron chi connectivity index (χ0n) is 12.9. The minimum absolute atomic E-state index is 0.194. The molecular weight excluding hydrogens is 258 g/mol. The third kappa shape index (κ3) is 3.55. The van der Waals surface area contributed by atoms with Gasteiger partial charge in [0.25, 0.3) is 0 Å². The van der Waals surface area contributed by atoms with Gasteiger partial charge in [-0.15, -0.1) is 0 Å². The summed E-state index contributed by atoms with van der Waals surface area (Å²) in [5.41, 5.74) is 1.24. The van der Waals surface area contributed by atoms with E-state index in [1.165, 1.54) is 18.4 Å². The Morgan fingerprint density at radius 2 is 1.95 bits per heavy atom. The van der Waals surface area contributed by atoms with E-state index in [0.29, 0.717) is 11.9 Å². The Balaban J connectivity index is 1.74. The second-order valence-corrected chi connectivity index (χ2v) is 6.51. The molecule has 21 heavy (non-hydrogen) atoms. The number of allylic oxidation sites excluding steroid dienone is 2. The van der Waals surface area contributed by atoms with Gasteiger partial charge in [-0.1, -0.05) is 42.5 Å². The topological polar surface area (TPSA) is 20.3 Å². The van der Waals surface area contributed by atoms with Crippen LogP contribution in [0.15, 0.2) is 42.5 Å². The van der Waals surface area contributed by atoms with Crippen molar-refractivity contribution >= 4 is 5.91 Å². The second-order valence-electron chi connectivity index (χ2n) is 6.51. The van der Waals surface area contributed by atoms with Crippen molar-refractivity contribution in [2.75, 3.05) is 0 Å². The van der Waals surface area contributed by atoms with Crippen molar-refractivity contribution in [1.29, 1.82) is 0 Å². The molecule has 0 bridgehead atoms. The summed E-state index contributed by atoms with van der Waals surface area (Å²) in [7, 11) is 0. The van der Waals surface area contributed by atoms with Crippen LogP contribution in [0.5, 0.6) is 0 Å². The number of carbonyl (C=O) groups is 1. The molecule has 1 fully saturated rings. The van der Waals surface area contributed by atoms with E-state index < -0.39 is 0 Å². The van der Waals surface area contributed by atoms with E-state index in [1.54, 1.807) is 0 Å². The lowest BCUT2D eigenvalue weighted by molar-refractivity contribution is -0.139. The number of benzene rings is 1. The smallest absolute Gasteiger partial charge is 0.226 e. The molecule has 2 unspecified atom stereocenters. The Kier molecular flexibility index (Phi) is 4.42. The first-order chi connectivity index (χ1) is 10.3. The maximum Gasteiger partial charge on any atom is 0.226 e. The molecule has 0 N–H and O–H groups in total. The van der Waals surface area contributed by atoms with Crippen LogP contribution in [0.25, 0.3) is 0 Å². The summed E-state index contributed by atoms with van der Waals surface area (Å²) in [5, 5.41) is 0. The van der Waals surface area contributed by atoms with Crippen LogP contribution in [0.3, 0.4) is 0 Å². The van der Waals surface area contributed by atoms with Gasteiger partial charge in [0.15, 0.2) is 0 Å². The molecule has 0 aromatic heterocycles. The number of amides is 1. The highest BCUT2D eigenvalue weighted by Crippen LogP contribution is 2.37. The molecule has 0 radical (unpaired) electrons. The summed E-state index contributed by atoms with van der Waals surface area (Å²) in [6.45, 7) is 2.99. The van der Waals surface area contributed by atoms with Gasteiger partial charge in [0.2, 0.25) is 5.91 Å². The van der Waals surface area contributed by atoms with Crippen LogP contribution < -0.4 is 0 Å². The van der Waals surface area contributed by atoms with Crippen LogP contribution in [0.2, 0.25) is 0 Å². The third-order valence-corrected chi connectivity index (χ3v) is 4.89. The first-order valence-corrected chi connectivity index (χ1v) is 8.25. The zero-order chi connectivity index (χ0) is 14.7. The van der Waals surface area contributed by atoms with Crippen LogP contribution >= 0.6 is 0 Å². The Morgan fingerprint density at radius 1 is 1.19 bits per heavy atom. The molecule has 3 rings (SSSR count). The lowest BCUT2D eigenvalue weighted by atomic mass is 9.92. The monoisotopic (exact) mass is 283 g/mol. The van der Waals surface area contributed by atoms with Crippen LogP contribution in [0.4, 0.5) is 0 Å². The highest BCUT2D eigenvalue weighted by atomic mass is 16.2. The van der Waals surface area contributed by atoms with Gasteiger partial charge in [0, 0.05) is 18.5 Å². The number of carbonyl (C=O) groups excluding carboxylic acids is 1. The summed E-state index contributed by atoms with van der Waals surface area (Å²) >= 11 is 0. The van der Waals surface area contributed by atoms with E-state index in [2.05, 4.69) is 48.2 Å². The molecule has 2 nitrogen and oxygen atoms in total. The highest BCUT2D eigenvalue weighted by molar-refractivity contribution is 5.79. The maximum atomic E-state index is 13.0. The molecule has 2 atom stereocenters. The third-order valence-electron chi connectivity index (χ3n) is 4.89. The number of rotatable bonds is 5. The first-order valence-electron chi connectivity index (χ1n) is 8.25. The predicted octanol–water partition coefficient (Wildman–Crippen LogP) is 4.17. The summed E-state index contributed by atoms with van der Waals surface area (Å²) in [6, 6.07) is 10.8. The van der Waals surface area contributed by atoms with Gasteiger partial charge in [-0.05, 0) is 50.5 Å². The summed E-state index contributed by atoms with van der Waals surface area (Å²) in [5.74, 6) is 1.28. The fraction of sp³-hybridized carbons (Fsp3) is 0.526. The Morgan fingerprint density at radius 3 is 2.57 bits per heavy atom. The molecule has 0 heterocycles. The molecule has 2 heteroatoms. The van der Waals surface area contributed by atoms with E-state index in [1.807, 2.05) is 6.07 Å². The molecular formula is C19H25NO. The standard InChI is InChI=1S/C19H25NO/c1-15(17-12-13-17)20(14-16-8-4-2-5-9-16)19(21)18-10-6-3-7-11-18/h2-6,8-9,15,17-18H,7,10-14H2,1H3. The Hall–Kier alpha value is -1.57. The molecule has 2 aliphatic carbocycles. The van der Waals surface area contributed by atoms with Crippen molar-refractivity contribution in [2.45, 2.75) is 51.6 Å². The van der Waals surface area contributed by atoms with E-state index in [9.17, 15) is 4.79 Å². The lowest BCUT2D eigenvalue weighted by Gasteiger charge is -2.33. The summed E-state index contributed by atoms with van der Waals surface area (Å²) < 4.78 is 0. The van der Waals surface area contributed by atoms with Crippen LogP contribution in [0.1, 0.15) is 44.6 Å². The average Bonchev–Trinajstić information content (AvgIpc) is 3.38. The summed E-state index contributed by atoms with van der Waals surface area (Å²) in [6.07, 6.45) is 9.92. The van der Waals surface area contributed by atoms with Gasteiger partial charge in [-0.3, -0.25) is 4.79 Å². The number of hydrogen-bond donors (Lipinski definition) is 0. The van der Waals surface area contributed by atoms with Gasteiger partial charge in [-0.25, -0.2) is 0 Å². The molecule has 0 spiro atoms. The minimum Gasteiger partial charge on any atom is -0.335 e. The van der Waals surface area contributed by atoms with Crippen molar-refractivity contribution in [3.63, 3.8) is 0 Å². The van der Waals surface area contributed by atoms with Gasteiger partial charge in [-0.2, -0.15) is 0 Å². The molecule has 1 aromatic carbocycles. The Bertz CT molecular complexity index is 504. The second kappa shape index (κ2) is 6.46. The normalized spacial score (nSPS) is 22.8. The van der Waals surface area contributed by atoms with E-state index in [4.69, 9.17) is 0 Å². The first kappa shape index (κ1) is 14.4. The van der Waals surface area contributed by atoms with Gasteiger partial charge in [0.05, 0.1) is 0 Å². The number of hydrogen-bond acceptors (Lipinski definition) is 1. The minimum atomic E-state index is 0.194. The van der Waals surface area contributed by atoms with Gasteiger partial charge >= 0.3 is 0 Å². The van der Waals surface area contributed by atoms with Crippen molar-refractivity contribution < 1.29 is 4.79 Å². The van der Waals surface area contributed by atoms with Gasteiger partial charge in [0.1, 0.15) is 0 Å². The SMILES string of the molecule is CC(C1CC1)N(Cc1ccccc1)C(=O)C1CC=CCC1. The predicted molar refractivity (Wildman–Crippen MR) is 85.7 cm³/mol. The van der Waals surface area contributed by atoms with Crippen LogP contribution in [0, 0.1) is 11.8 Å². The zero-order valence-corrected chi connectivity index (χ0v) is 12.9. The lowest BCUT2D eigenvalue weighted by Crippen LogP contribution is -2.43. The molecule has 0 aliphatic heterocycles. The van der Waals surface area contributed by atoms with E-state index in [0.717, 1.165) is 31.7 Å². The van der Waals surface area contributed by atoms with Crippen molar-refractivity contribution in [3.8, 4) is 0 Å². The molecule has 0 saturated heterocycles. The van der Waals surface area contributed by atoms with Crippen molar-refractivity contribution in [1.82, 2.24) is 4.90 Å². The quantitative estimate of drug-likeness (QED) is 0.743. The largest absolute Gasteiger partial charge is 0.335 e. The average molecular weight is 283 g/mol. The maximum absolute atomic E-state index is 13.0. The molecule has 1 saturated carbocycles. The van der Waals surface area contributed by atoms with Crippen LogP contribution in [-0.4, -0.2) is 16.8 Å². The molecule has 112 valence electrons. The molecule has 1 aromatic rings. The van der Waals surface area contributed by atoms with Gasteiger partial charge < -0.3 is 4.90 Å².